The molecule has 3 heterocycles. The molecule has 1 aliphatic rings. The Morgan fingerprint density at radius 3 is 3.10 bits per heavy atom. The quantitative estimate of drug-likeness (QED) is 0.859. The molecule has 1 aliphatic heterocycles. The molecule has 110 valence electrons. The van der Waals surface area contributed by atoms with Gasteiger partial charge in [-0.1, -0.05) is 13.0 Å². The molecule has 0 radical (unpaired) electrons. The van der Waals surface area contributed by atoms with E-state index in [1.165, 1.54) is 0 Å². The molecule has 5 heteroatoms. The fraction of sp³-hybridized carbons (Fsp3) is 0.438. The van der Waals surface area contributed by atoms with Gasteiger partial charge in [0.25, 0.3) is 0 Å². The molecule has 0 aliphatic carbocycles. The molecule has 0 unspecified atom stereocenters. The van der Waals surface area contributed by atoms with Gasteiger partial charge in [-0.25, -0.2) is 9.97 Å². The van der Waals surface area contributed by atoms with Gasteiger partial charge in [0.1, 0.15) is 5.82 Å². The van der Waals surface area contributed by atoms with E-state index in [1.807, 2.05) is 24.5 Å². The number of ether oxygens (including phenoxy) is 1. The predicted molar refractivity (Wildman–Crippen MR) is 79.6 cm³/mol. The first-order valence-electron chi connectivity index (χ1n) is 7.40. The van der Waals surface area contributed by atoms with Gasteiger partial charge in [0.05, 0.1) is 18.4 Å². The van der Waals surface area contributed by atoms with Gasteiger partial charge in [0.2, 0.25) is 0 Å². The summed E-state index contributed by atoms with van der Waals surface area (Å²) in [5.74, 6) is 0.907. The first-order chi connectivity index (χ1) is 10.3. The largest absolute Gasteiger partial charge is 0.371 e. The molecule has 0 N–H and O–H groups in total. The topological polar surface area (TPSA) is 51.1 Å². The lowest BCUT2D eigenvalue weighted by molar-refractivity contribution is -0.0334. The zero-order valence-corrected chi connectivity index (χ0v) is 12.3. The van der Waals surface area contributed by atoms with E-state index in [9.17, 15) is 0 Å². The average Bonchev–Trinajstić information content (AvgIpc) is 2.56. The summed E-state index contributed by atoms with van der Waals surface area (Å²) < 4.78 is 5.86. The van der Waals surface area contributed by atoms with Crippen LogP contribution in [0.25, 0.3) is 0 Å². The standard InChI is InChI=1S/C16H20N4O/c1-2-16-18-7-5-14(19-16)11-20-8-9-21-15(12-20)13-4-3-6-17-10-13/h3-7,10,15H,2,8-9,11-12H2,1H3/t15-/m1/s1. The molecule has 21 heavy (non-hydrogen) atoms. The van der Waals surface area contributed by atoms with Crippen LogP contribution in [-0.4, -0.2) is 39.5 Å². The van der Waals surface area contributed by atoms with E-state index in [0.29, 0.717) is 0 Å². The lowest BCUT2D eigenvalue weighted by Crippen LogP contribution is -2.38. The minimum Gasteiger partial charge on any atom is -0.371 e. The summed E-state index contributed by atoms with van der Waals surface area (Å²) in [6.45, 7) is 5.46. The lowest BCUT2D eigenvalue weighted by atomic mass is 10.1. The normalized spacial score (nSPS) is 19.6. The average molecular weight is 284 g/mol. The number of aryl methyl sites for hydroxylation is 1. The maximum Gasteiger partial charge on any atom is 0.128 e. The molecule has 0 bridgehead atoms. The Bertz CT molecular complexity index is 575. The van der Waals surface area contributed by atoms with E-state index < -0.39 is 0 Å². The van der Waals surface area contributed by atoms with Crippen molar-refractivity contribution in [1.82, 2.24) is 19.9 Å². The first-order valence-corrected chi connectivity index (χ1v) is 7.40. The Kier molecular flexibility index (Phi) is 4.52. The van der Waals surface area contributed by atoms with Gasteiger partial charge < -0.3 is 4.74 Å². The fourth-order valence-corrected chi connectivity index (χ4v) is 2.54. The third kappa shape index (κ3) is 3.62. The van der Waals surface area contributed by atoms with E-state index in [-0.39, 0.29) is 6.10 Å². The monoisotopic (exact) mass is 284 g/mol. The van der Waals surface area contributed by atoms with Crippen LogP contribution in [0.15, 0.2) is 36.8 Å². The first kappa shape index (κ1) is 14.1. The van der Waals surface area contributed by atoms with E-state index in [1.54, 1.807) is 6.20 Å². The Balaban J connectivity index is 1.66. The smallest absolute Gasteiger partial charge is 0.128 e. The van der Waals surface area contributed by atoms with E-state index >= 15 is 0 Å². The minimum absolute atomic E-state index is 0.0972. The summed E-state index contributed by atoms with van der Waals surface area (Å²) in [7, 11) is 0. The Morgan fingerprint density at radius 1 is 1.33 bits per heavy atom. The van der Waals surface area contributed by atoms with Crippen LogP contribution in [0.3, 0.4) is 0 Å². The number of rotatable bonds is 4. The summed E-state index contributed by atoms with van der Waals surface area (Å²) in [4.78, 5) is 15.4. The van der Waals surface area contributed by atoms with Crippen LogP contribution in [0.5, 0.6) is 0 Å². The summed E-state index contributed by atoms with van der Waals surface area (Å²) in [5, 5.41) is 0. The van der Waals surface area contributed by atoms with Gasteiger partial charge in [-0.05, 0) is 12.1 Å². The molecule has 1 atom stereocenters. The van der Waals surface area contributed by atoms with Crippen molar-refractivity contribution in [2.75, 3.05) is 19.7 Å². The summed E-state index contributed by atoms with van der Waals surface area (Å²) in [6, 6.07) is 6.02. The molecule has 5 nitrogen and oxygen atoms in total. The molecular formula is C16H20N4O. The molecule has 3 rings (SSSR count). The molecule has 0 saturated carbocycles. The van der Waals surface area contributed by atoms with Crippen molar-refractivity contribution in [3.05, 3.63) is 53.9 Å². The van der Waals surface area contributed by atoms with Crippen LogP contribution in [0, 0.1) is 0 Å². The molecule has 0 spiro atoms. The second-order valence-electron chi connectivity index (χ2n) is 5.20. The van der Waals surface area contributed by atoms with E-state index in [4.69, 9.17) is 4.74 Å². The molecule has 2 aromatic rings. The van der Waals surface area contributed by atoms with Crippen LogP contribution in [0.1, 0.15) is 30.1 Å². The van der Waals surface area contributed by atoms with Crippen molar-refractivity contribution in [2.24, 2.45) is 0 Å². The summed E-state index contributed by atoms with van der Waals surface area (Å²) in [5.41, 5.74) is 2.22. The van der Waals surface area contributed by atoms with Gasteiger partial charge in [-0.15, -0.1) is 0 Å². The third-order valence-electron chi connectivity index (χ3n) is 3.67. The molecule has 1 saturated heterocycles. The highest BCUT2D eigenvalue weighted by Gasteiger charge is 2.22. The van der Waals surface area contributed by atoms with Crippen LogP contribution in [0.2, 0.25) is 0 Å². The third-order valence-corrected chi connectivity index (χ3v) is 3.67. The zero-order valence-electron chi connectivity index (χ0n) is 12.3. The Hall–Kier alpha value is -1.85. The number of hydrogen-bond acceptors (Lipinski definition) is 5. The molecule has 0 amide bonds. The number of morpholine rings is 1. The Labute approximate surface area is 125 Å². The SMILES string of the molecule is CCc1nccc(CN2CCO[C@@H](c3cccnc3)C2)n1. The van der Waals surface area contributed by atoms with Crippen LogP contribution >= 0.6 is 0 Å². The fourth-order valence-electron chi connectivity index (χ4n) is 2.54. The van der Waals surface area contributed by atoms with Crippen molar-refractivity contribution in [3.8, 4) is 0 Å². The molecule has 2 aromatic heterocycles. The second kappa shape index (κ2) is 6.74. The van der Waals surface area contributed by atoms with Crippen LogP contribution in [0.4, 0.5) is 0 Å². The van der Waals surface area contributed by atoms with Gasteiger partial charge in [0.15, 0.2) is 0 Å². The van der Waals surface area contributed by atoms with Crippen molar-refractivity contribution >= 4 is 0 Å². The van der Waals surface area contributed by atoms with Crippen molar-refractivity contribution in [3.63, 3.8) is 0 Å². The van der Waals surface area contributed by atoms with E-state index in [2.05, 4.69) is 32.8 Å². The zero-order chi connectivity index (χ0) is 14.5. The molecular weight excluding hydrogens is 264 g/mol. The second-order valence-corrected chi connectivity index (χ2v) is 5.20. The van der Waals surface area contributed by atoms with Gasteiger partial charge >= 0.3 is 0 Å². The maximum absolute atomic E-state index is 5.86. The van der Waals surface area contributed by atoms with E-state index in [0.717, 1.165) is 49.7 Å². The Morgan fingerprint density at radius 2 is 2.29 bits per heavy atom. The van der Waals surface area contributed by atoms with Gasteiger partial charge in [-0.3, -0.25) is 9.88 Å². The van der Waals surface area contributed by atoms with Gasteiger partial charge in [0, 0.05) is 50.2 Å². The molecule has 1 fully saturated rings. The van der Waals surface area contributed by atoms with Crippen LogP contribution in [-0.2, 0) is 17.7 Å². The number of aromatic nitrogens is 3. The molecule has 0 aromatic carbocycles. The maximum atomic E-state index is 5.86. The van der Waals surface area contributed by atoms with Crippen molar-refractivity contribution < 1.29 is 4.74 Å². The van der Waals surface area contributed by atoms with Crippen LogP contribution < -0.4 is 0 Å². The number of nitrogens with zero attached hydrogens (tertiary/aromatic N) is 4. The summed E-state index contributed by atoms with van der Waals surface area (Å²) >= 11 is 0. The highest BCUT2D eigenvalue weighted by Crippen LogP contribution is 2.22. The predicted octanol–water partition coefficient (Wildman–Crippen LogP) is 2.01. The number of hydrogen-bond donors (Lipinski definition) is 0. The highest BCUT2D eigenvalue weighted by atomic mass is 16.5. The minimum atomic E-state index is 0.0972. The summed E-state index contributed by atoms with van der Waals surface area (Å²) in [6.07, 6.45) is 6.49. The lowest BCUT2D eigenvalue weighted by Gasteiger charge is -2.32. The highest BCUT2D eigenvalue weighted by molar-refractivity contribution is 5.13. The number of pyridine rings is 1. The van der Waals surface area contributed by atoms with Crippen molar-refractivity contribution in [2.45, 2.75) is 26.0 Å². The van der Waals surface area contributed by atoms with Crippen molar-refractivity contribution in [1.29, 1.82) is 0 Å². The van der Waals surface area contributed by atoms with Gasteiger partial charge in [-0.2, -0.15) is 0 Å².